The van der Waals surface area contributed by atoms with Crippen molar-refractivity contribution in [3.8, 4) is 0 Å². The predicted molar refractivity (Wildman–Crippen MR) is 84.3 cm³/mol. The second-order valence-corrected chi connectivity index (χ2v) is 7.62. The molecule has 0 spiro atoms. The molecule has 1 fully saturated rings. The normalized spacial score (nSPS) is 18.5. The van der Waals surface area contributed by atoms with Gasteiger partial charge in [0, 0.05) is 30.9 Å². The third-order valence-electron chi connectivity index (χ3n) is 4.16. The molecule has 0 amide bonds. The van der Waals surface area contributed by atoms with Crippen LogP contribution in [-0.2, 0) is 16.4 Å². The van der Waals surface area contributed by atoms with Crippen molar-refractivity contribution in [1.82, 2.24) is 9.71 Å². The molecule has 6 heteroatoms. The number of aryl methyl sites for hydroxylation is 1. The first kappa shape index (κ1) is 16.4. The fraction of sp³-hybridized carbons (Fsp3) is 0.667. The highest BCUT2D eigenvalue weighted by Gasteiger charge is 2.26. The molecule has 1 atom stereocenters. The summed E-state index contributed by atoms with van der Waals surface area (Å²) in [6, 6.07) is 5.41. The number of sulfonamides is 1. The highest BCUT2D eigenvalue weighted by atomic mass is 32.2. The van der Waals surface area contributed by atoms with Crippen LogP contribution in [0.4, 0.5) is 0 Å². The van der Waals surface area contributed by atoms with Gasteiger partial charge in [0.05, 0.1) is 5.75 Å². The van der Waals surface area contributed by atoms with Gasteiger partial charge in [-0.3, -0.25) is 4.98 Å². The van der Waals surface area contributed by atoms with Crippen LogP contribution in [0.1, 0.15) is 37.8 Å². The smallest absolute Gasteiger partial charge is 0.212 e. The van der Waals surface area contributed by atoms with Crippen LogP contribution in [0.5, 0.6) is 0 Å². The van der Waals surface area contributed by atoms with Crippen LogP contribution in [0, 0.1) is 5.92 Å². The lowest BCUT2D eigenvalue weighted by Gasteiger charge is -2.29. The number of aromatic nitrogens is 1. The second kappa shape index (κ2) is 7.87. The zero-order valence-corrected chi connectivity index (χ0v) is 13.2. The Morgan fingerprint density at radius 3 is 2.67 bits per heavy atom. The van der Waals surface area contributed by atoms with E-state index in [0.29, 0.717) is 18.9 Å². The maximum Gasteiger partial charge on any atom is 0.212 e. The quantitative estimate of drug-likeness (QED) is 0.798. The molecule has 3 N–H and O–H groups in total. The molecule has 0 bridgehead atoms. The molecule has 1 saturated carbocycles. The largest absolute Gasteiger partial charge is 0.329 e. The number of hydrogen-bond donors (Lipinski definition) is 2. The van der Waals surface area contributed by atoms with Crippen LogP contribution in [0.25, 0.3) is 0 Å². The summed E-state index contributed by atoms with van der Waals surface area (Å²) in [4.78, 5) is 4.15. The summed E-state index contributed by atoms with van der Waals surface area (Å²) in [5.41, 5.74) is 6.57. The molecule has 21 heavy (non-hydrogen) atoms. The molecule has 0 aliphatic heterocycles. The van der Waals surface area contributed by atoms with Crippen LogP contribution in [-0.4, -0.2) is 31.7 Å². The van der Waals surface area contributed by atoms with Gasteiger partial charge in [-0.25, -0.2) is 13.1 Å². The average Bonchev–Trinajstić information content (AvgIpc) is 2.53. The Balaban J connectivity index is 1.89. The van der Waals surface area contributed by atoms with Crippen LogP contribution in [0.2, 0.25) is 0 Å². The minimum Gasteiger partial charge on any atom is -0.329 e. The maximum atomic E-state index is 12.2. The lowest BCUT2D eigenvalue weighted by Crippen LogP contribution is -2.46. The first-order valence-corrected chi connectivity index (χ1v) is 9.36. The third kappa shape index (κ3) is 5.37. The summed E-state index contributed by atoms with van der Waals surface area (Å²) < 4.78 is 27.2. The Kier molecular flexibility index (Phi) is 6.14. The zero-order chi connectivity index (χ0) is 15.1. The van der Waals surface area contributed by atoms with Gasteiger partial charge in [0.2, 0.25) is 10.0 Å². The Bertz CT molecular complexity index is 513. The lowest BCUT2D eigenvalue weighted by atomic mass is 9.84. The van der Waals surface area contributed by atoms with E-state index in [1.807, 2.05) is 18.2 Å². The molecule has 0 aromatic carbocycles. The molecule has 2 rings (SSSR count). The van der Waals surface area contributed by atoms with Crippen LogP contribution in [0.15, 0.2) is 24.4 Å². The Hall–Kier alpha value is -0.980. The monoisotopic (exact) mass is 311 g/mol. The third-order valence-corrected chi connectivity index (χ3v) is 5.56. The molecule has 1 unspecified atom stereocenters. The van der Waals surface area contributed by atoms with E-state index in [1.165, 1.54) is 19.3 Å². The summed E-state index contributed by atoms with van der Waals surface area (Å²) >= 11 is 0. The topological polar surface area (TPSA) is 85.1 Å². The van der Waals surface area contributed by atoms with E-state index < -0.39 is 10.0 Å². The lowest BCUT2D eigenvalue weighted by molar-refractivity contribution is 0.294. The van der Waals surface area contributed by atoms with Crippen molar-refractivity contribution in [2.45, 2.75) is 44.6 Å². The van der Waals surface area contributed by atoms with Crippen molar-refractivity contribution >= 4 is 10.0 Å². The molecule has 1 aliphatic rings. The first-order valence-electron chi connectivity index (χ1n) is 7.71. The number of pyridine rings is 1. The fourth-order valence-corrected chi connectivity index (χ4v) is 4.29. The number of nitrogens with two attached hydrogens (primary N) is 1. The highest BCUT2D eigenvalue weighted by Crippen LogP contribution is 2.26. The minimum absolute atomic E-state index is 0.0627. The molecule has 0 radical (unpaired) electrons. The van der Waals surface area contributed by atoms with Crippen LogP contribution in [0.3, 0.4) is 0 Å². The maximum absolute atomic E-state index is 12.2. The summed E-state index contributed by atoms with van der Waals surface area (Å²) in [6.45, 7) is 0.369. The Labute approximate surface area is 127 Å². The van der Waals surface area contributed by atoms with E-state index in [1.54, 1.807) is 6.20 Å². The van der Waals surface area contributed by atoms with E-state index >= 15 is 0 Å². The SMILES string of the molecule is NCC(NS(=O)(=O)CCc1ccccn1)C1CCCCC1. The molecule has 1 aromatic heterocycles. The molecule has 5 nitrogen and oxygen atoms in total. The molecule has 1 heterocycles. The van der Waals surface area contributed by atoms with Crippen molar-refractivity contribution in [2.24, 2.45) is 11.7 Å². The standard InChI is InChI=1S/C15H25N3O2S/c16-12-15(13-6-2-1-3-7-13)18-21(19,20)11-9-14-8-4-5-10-17-14/h4-5,8,10,13,15,18H,1-3,6-7,9,11-12,16H2. The second-order valence-electron chi connectivity index (χ2n) is 5.75. The van der Waals surface area contributed by atoms with Gasteiger partial charge >= 0.3 is 0 Å². The molecular weight excluding hydrogens is 286 g/mol. The minimum atomic E-state index is -3.31. The number of rotatable bonds is 7. The summed E-state index contributed by atoms with van der Waals surface area (Å²) in [5.74, 6) is 0.445. The van der Waals surface area contributed by atoms with E-state index in [2.05, 4.69) is 9.71 Å². The van der Waals surface area contributed by atoms with E-state index in [0.717, 1.165) is 18.5 Å². The van der Waals surface area contributed by atoms with Crippen molar-refractivity contribution in [3.63, 3.8) is 0 Å². The average molecular weight is 311 g/mol. The number of nitrogens with zero attached hydrogens (tertiary/aromatic N) is 1. The Morgan fingerprint density at radius 2 is 2.05 bits per heavy atom. The van der Waals surface area contributed by atoms with Crippen molar-refractivity contribution in [1.29, 1.82) is 0 Å². The first-order chi connectivity index (χ1) is 10.1. The van der Waals surface area contributed by atoms with Gasteiger partial charge < -0.3 is 5.73 Å². The summed E-state index contributed by atoms with van der Waals surface area (Å²) in [6.07, 6.45) is 7.86. The van der Waals surface area contributed by atoms with Crippen LogP contribution < -0.4 is 10.5 Å². The number of hydrogen-bond acceptors (Lipinski definition) is 4. The molecule has 0 saturated heterocycles. The van der Waals surface area contributed by atoms with Crippen LogP contribution >= 0.6 is 0 Å². The molecule has 118 valence electrons. The fourth-order valence-electron chi connectivity index (χ4n) is 2.95. The predicted octanol–water partition coefficient (Wildman–Crippen LogP) is 1.45. The summed E-state index contributed by atoms with van der Waals surface area (Å²) in [7, 11) is -3.31. The highest BCUT2D eigenvalue weighted by molar-refractivity contribution is 7.89. The van der Waals surface area contributed by atoms with Crippen molar-refractivity contribution in [2.75, 3.05) is 12.3 Å². The van der Waals surface area contributed by atoms with E-state index in [9.17, 15) is 8.42 Å². The van der Waals surface area contributed by atoms with Gasteiger partial charge in [0.25, 0.3) is 0 Å². The van der Waals surface area contributed by atoms with Crippen molar-refractivity contribution in [3.05, 3.63) is 30.1 Å². The van der Waals surface area contributed by atoms with Gasteiger partial charge in [-0.2, -0.15) is 0 Å². The van der Waals surface area contributed by atoms with Gasteiger partial charge in [-0.15, -0.1) is 0 Å². The summed E-state index contributed by atoms with van der Waals surface area (Å²) in [5, 5.41) is 0. The van der Waals surface area contributed by atoms with Gasteiger partial charge in [0.1, 0.15) is 0 Å². The molecule has 1 aromatic rings. The van der Waals surface area contributed by atoms with Crippen molar-refractivity contribution < 1.29 is 8.42 Å². The zero-order valence-electron chi connectivity index (χ0n) is 12.4. The molecule has 1 aliphatic carbocycles. The van der Waals surface area contributed by atoms with E-state index in [4.69, 9.17) is 5.73 Å². The number of nitrogens with one attached hydrogen (secondary N) is 1. The molecular formula is C15H25N3O2S. The van der Waals surface area contributed by atoms with Gasteiger partial charge in [0.15, 0.2) is 0 Å². The Morgan fingerprint density at radius 1 is 1.29 bits per heavy atom. The van der Waals surface area contributed by atoms with Gasteiger partial charge in [-0.05, 0) is 30.9 Å². The van der Waals surface area contributed by atoms with E-state index in [-0.39, 0.29) is 11.8 Å². The van der Waals surface area contributed by atoms with Gasteiger partial charge in [-0.1, -0.05) is 25.3 Å².